The molecule has 1 heterocycles. The lowest BCUT2D eigenvalue weighted by molar-refractivity contribution is -0.122. The molecule has 1 N–H and O–H groups in total. The third-order valence-corrected chi connectivity index (χ3v) is 4.65. The van der Waals surface area contributed by atoms with Crippen molar-refractivity contribution in [1.82, 2.24) is 0 Å². The minimum Gasteiger partial charge on any atom is -0.490 e. The Labute approximate surface area is 141 Å². The highest BCUT2D eigenvalue weighted by Crippen LogP contribution is 2.29. The van der Waals surface area contributed by atoms with Gasteiger partial charge in [0, 0.05) is 18.2 Å². The van der Waals surface area contributed by atoms with Crippen molar-refractivity contribution in [3.8, 4) is 11.5 Å². The topological polar surface area (TPSA) is 47.6 Å². The molecule has 1 saturated carbocycles. The number of amides is 1. The second kappa shape index (κ2) is 6.56. The number of benzene rings is 2. The summed E-state index contributed by atoms with van der Waals surface area (Å²) in [6, 6.07) is 15.4. The van der Waals surface area contributed by atoms with E-state index in [4.69, 9.17) is 9.47 Å². The van der Waals surface area contributed by atoms with Crippen molar-refractivity contribution in [2.24, 2.45) is 0 Å². The molecule has 0 radical (unpaired) electrons. The van der Waals surface area contributed by atoms with Gasteiger partial charge in [-0.3, -0.25) is 4.79 Å². The maximum Gasteiger partial charge on any atom is 0.265 e. The number of carbonyl (C=O) groups is 1. The summed E-state index contributed by atoms with van der Waals surface area (Å²) in [6.07, 6.45) is 5.15. The predicted molar refractivity (Wildman–Crippen MR) is 92.5 cm³/mol. The molecule has 0 saturated heterocycles. The summed E-state index contributed by atoms with van der Waals surface area (Å²) < 4.78 is 11.7. The van der Waals surface area contributed by atoms with Gasteiger partial charge in [0.15, 0.2) is 6.10 Å². The molecule has 124 valence electrons. The van der Waals surface area contributed by atoms with Crippen molar-refractivity contribution in [2.45, 2.75) is 44.3 Å². The molecular formula is C20H21NO3. The molecular weight excluding hydrogens is 302 g/mol. The maximum absolute atomic E-state index is 12.5. The number of rotatable bonds is 4. The van der Waals surface area contributed by atoms with Crippen LogP contribution in [0.2, 0.25) is 0 Å². The fourth-order valence-electron chi connectivity index (χ4n) is 3.40. The summed E-state index contributed by atoms with van der Waals surface area (Å²) >= 11 is 0. The summed E-state index contributed by atoms with van der Waals surface area (Å²) in [4.78, 5) is 12.5. The minimum absolute atomic E-state index is 0.121. The molecule has 0 spiro atoms. The first kappa shape index (κ1) is 15.1. The van der Waals surface area contributed by atoms with Crippen LogP contribution < -0.4 is 14.8 Å². The monoisotopic (exact) mass is 323 g/mol. The molecule has 1 amide bonds. The van der Waals surface area contributed by atoms with Crippen LogP contribution in [0.15, 0.2) is 48.5 Å². The number of ether oxygens (including phenoxy) is 2. The van der Waals surface area contributed by atoms with E-state index in [0.29, 0.717) is 12.5 Å². The van der Waals surface area contributed by atoms with Crippen molar-refractivity contribution in [3.63, 3.8) is 0 Å². The Hall–Kier alpha value is -2.49. The lowest BCUT2D eigenvalue weighted by Crippen LogP contribution is -2.31. The first-order valence-corrected chi connectivity index (χ1v) is 8.60. The average Bonchev–Trinajstić information content (AvgIpc) is 3.24. The molecule has 1 fully saturated rings. The Bertz CT molecular complexity index is 712. The zero-order chi connectivity index (χ0) is 16.4. The number of fused-ring (bicyclic) bond motifs is 1. The third-order valence-electron chi connectivity index (χ3n) is 4.65. The largest absolute Gasteiger partial charge is 0.490 e. The van der Waals surface area contributed by atoms with Crippen LogP contribution in [-0.4, -0.2) is 18.1 Å². The van der Waals surface area contributed by atoms with E-state index >= 15 is 0 Å². The lowest BCUT2D eigenvalue weighted by atomic mass is 10.1. The number of nitrogens with one attached hydrogen (secondary N) is 1. The third kappa shape index (κ3) is 3.23. The smallest absolute Gasteiger partial charge is 0.265 e. The molecule has 1 atom stereocenters. The molecule has 2 aromatic carbocycles. The van der Waals surface area contributed by atoms with Gasteiger partial charge in [-0.1, -0.05) is 24.3 Å². The van der Waals surface area contributed by atoms with Crippen LogP contribution in [0.25, 0.3) is 0 Å². The fourth-order valence-corrected chi connectivity index (χ4v) is 3.40. The minimum atomic E-state index is -0.471. The van der Waals surface area contributed by atoms with Gasteiger partial charge in [-0.05, 0) is 49.4 Å². The standard InChI is InChI=1S/C20H21NO3/c22-20(19-12-14-6-1-4-11-18(14)24-19)21-15-7-5-10-17(13-15)23-16-8-2-3-9-16/h1,4-7,10-11,13,16,19H,2-3,8-9,12H2,(H,21,22)/t19-/m0/s1. The highest BCUT2D eigenvalue weighted by Gasteiger charge is 2.28. The van der Waals surface area contributed by atoms with Crippen molar-refractivity contribution < 1.29 is 14.3 Å². The van der Waals surface area contributed by atoms with Gasteiger partial charge in [-0.15, -0.1) is 0 Å². The summed E-state index contributed by atoms with van der Waals surface area (Å²) in [6.45, 7) is 0. The van der Waals surface area contributed by atoms with Crippen LogP contribution in [0.5, 0.6) is 11.5 Å². The molecule has 2 aliphatic rings. The summed E-state index contributed by atoms with van der Waals surface area (Å²) in [7, 11) is 0. The van der Waals surface area contributed by atoms with E-state index in [2.05, 4.69) is 5.32 Å². The van der Waals surface area contributed by atoms with Crippen LogP contribution in [0.3, 0.4) is 0 Å². The van der Waals surface area contributed by atoms with E-state index < -0.39 is 6.10 Å². The van der Waals surface area contributed by atoms with E-state index in [-0.39, 0.29) is 5.91 Å². The van der Waals surface area contributed by atoms with Gasteiger partial charge >= 0.3 is 0 Å². The van der Waals surface area contributed by atoms with Gasteiger partial charge in [0.2, 0.25) is 0 Å². The normalized spacial score (nSPS) is 19.6. The van der Waals surface area contributed by atoms with Crippen LogP contribution in [0, 0.1) is 0 Å². The van der Waals surface area contributed by atoms with E-state index in [1.165, 1.54) is 12.8 Å². The Kier molecular flexibility index (Phi) is 4.11. The number of hydrogen-bond donors (Lipinski definition) is 1. The second-order valence-electron chi connectivity index (χ2n) is 6.46. The second-order valence-corrected chi connectivity index (χ2v) is 6.46. The zero-order valence-electron chi connectivity index (χ0n) is 13.5. The van der Waals surface area contributed by atoms with Crippen molar-refractivity contribution in [1.29, 1.82) is 0 Å². The van der Waals surface area contributed by atoms with Gasteiger partial charge < -0.3 is 14.8 Å². The summed E-state index contributed by atoms with van der Waals surface area (Å²) in [5, 5.41) is 2.94. The maximum atomic E-state index is 12.5. The molecule has 4 heteroatoms. The van der Waals surface area contributed by atoms with E-state index in [0.717, 1.165) is 35.6 Å². The summed E-state index contributed by atoms with van der Waals surface area (Å²) in [5.41, 5.74) is 1.83. The molecule has 2 aromatic rings. The van der Waals surface area contributed by atoms with Crippen molar-refractivity contribution in [3.05, 3.63) is 54.1 Å². The molecule has 0 bridgehead atoms. The van der Waals surface area contributed by atoms with Crippen molar-refractivity contribution >= 4 is 11.6 Å². The number of carbonyl (C=O) groups excluding carboxylic acids is 1. The van der Waals surface area contributed by atoms with Crippen LogP contribution >= 0.6 is 0 Å². The Morgan fingerprint density at radius 1 is 1.08 bits per heavy atom. The van der Waals surface area contributed by atoms with E-state index in [9.17, 15) is 4.79 Å². The Morgan fingerprint density at radius 2 is 1.92 bits per heavy atom. The number of para-hydroxylation sites is 1. The molecule has 0 aromatic heterocycles. The fraction of sp³-hybridized carbons (Fsp3) is 0.350. The Balaban J connectivity index is 1.39. The zero-order valence-corrected chi connectivity index (χ0v) is 13.5. The lowest BCUT2D eigenvalue weighted by Gasteiger charge is -2.15. The highest BCUT2D eigenvalue weighted by atomic mass is 16.5. The predicted octanol–water partition coefficient (Wildman–Crippen LogP) is 3.95. The molecule has 0 unspecified atom stereocenters. The number of anilines is 1. The molecule has 1 aliphatic carbocycles. The van der Waals surface area contributed by atoms with Crippen LogP contribution in [-0.2, 0) is 11.2 Å². The van der Waals surface area contributed by atoms with Crippen LogP contribution in [0.1, 0.15) is 31.2 Å². The van der Waals surface area contributed by atoms with Gasteiger partial charge in [-0.25, -0.2) is 0 Å². The van der Waals surface area contributed by atoms with E-state index in [1.54, 1.807) is 0 Å². The van der Waals surface area contributed by atoms with Gasteiger partial charge in [0.25, 0.3) is 5.91 Å². The first-order valence-electron chi connectivity index (χ1n) is 8.60. The summed E-state index contributed by atoms with van der Waals surface area (Å²) in [5.74, 6) is 1.50. The number of hydrogen-bond acceptors (Lipinski definition) is 3. The van der Waals surface area contributed by atoms with Gasteiger partial charge in [0.05, 0.1) is 6.10 Å². The van der Waals surface area contributed by atoms with Gasteiger partial charge in [-0.2, -0.15) is 0 Å². The van der Waals surface area contributed by atoms with Crippen LogP contribution in [0.4, 0.5) is 5.69 Å². The van der Waals surface area contributed by atoms with Crippen molar-refractivity contribution in [2.75, 3.05) is 5.32 Å². The highest BCUT2D eigenvalue weighted by molar-refractivity contribution is 5.95. The molecule has 24 heavy (non-hydrogen) atoms. The quantitative estimate of drug-likeness (QED) is 0.927. The molecule has 1 aliphatic heterocycles. The Morgan fingerprint density at radius 3 is 2.75 bits per heavy atom. The average molecular weight is 323 g/mol. The molecule has 4 rings (SSSR count). The van der Waals surface area contributed by atoms with E-state index in [1.807, 2.05) is 48.5 Å². The first-order chi connectivity index (χ1) is 11.8. The SMILES string of the molecule is O=C(Nc1cccc(OC2CCCC2)c1)[C@@H]1Cc2ccccc2O1. The molecule has 4 nitrogen and oxygen atoms in total. The van der Waals surface area contributed by atoms with Gasteiger partial charge in [0.1, 0.15) is 11.5 Å².